The van der Waals surface area contributed by atoms with Gasteiger partial charge in [-0.2, -0.15) is 0 Å². The summed E-state index contributed by atoms with van der Waals surface area (Å²) < 4.78 is 0. The summed E-state index contributed by atoms with van der Waals surface area (Å²) in [5, 5.41) is 3.14. The molecule has 0 spiro atoms. The highest BCUT2D eigenvalue weighted by Gasteiger charge is 2.50. The number of aryl methyl sites for hydroxylation is 2. The summed E-state index contributed by atoms with van der Waals surface area (Å²) in [5.41, 5.74) is 3.67. The lowest BCUT2D eigenvalue weighted by molar-refractivity contribution is -0.136. The lowest BCUT2D eigenvalue weighted by atomic mass is 10.0. The van der Waals surface area contributed by atoms with E-state index in [2.05, 4.69) is 37.4 Å². The van der Waals surface area contributed by atoms with Crippen molar-refractivity contribution in [2.75, 3.05) is 20.6 Å². The van der Waals surface area contributed by atoms with Crippen LogP contribution in [0.1, 0.15) is 29.5 Å². The van der Waals surface area contributed by atoms with E-state index in [-0.39, 0.29) is 11.3 Å². The second-order valence-electron chi connectivity index (χ2n) is 5.89. The van der Waals surface area contributed by atoms with Crippen LogP contribution < -0.4 is 5.32 Å². The van der Waals surface area contributed by atoms with Crippen molar-refractivity contribution in [3.63, 3.8) is 0 Å². The van der Waals surface area contributed by atoms with E-state index in [1.54, 1.807) is 0 Å². The van der Waals surface area contributed by atoms with Gasteiger partial charge in [-0.1, -0.05) is 18.2 Å². The summed E-state index contributed by atoms with van der Waals surface area (Å²) >= 11 is 0. The van der Waals surface area contributed by atoms with E-state index in [0.29, 0.717) is 6.54 Å². The number of nitrogens with one attached hydrogen (secondary N) is 1. The lowest BCUT2D eigenvalue weighted by Gasteiger charge is -2.23. The van der Waals surface area contributed by atoms with Crippen LogP contribution in [0.25, 0.3) is 0 Å². The SMILES string of the molecule is CNCC1(C(=O)N(C)Cc2ccc(C)c(C)c2)CC1. The molecule has 0 atom stereocenters. The Balaban J connectivity index is 2.02. The molecule has 104 valence electrons. The minimum absolute atomic E-state index is 0.122. The average Bonchev–Trinajstić information content (AvgIpc) is 3.14. The fourth-order valence-electron chi connectivity index (χ4n) is 2.61. The first kappa shape index (κ1) is 14.1. The van der Waals surface area contributed by atoms with Crippen molar-refractivity contribution in [3.05, 3.63) is 34.9 Å². The van der Waals surface area contributed by atoms with Crippen molar-refractivity contribution in [3.8, 4) is 0 Å². The maximum Gasteiger partial charge on any atom is 0.230 e. The topological polar surface area (TPSA) is 32.3 Å². The van der Waals surface area contributed by atoms with Crippen LogP contribution in [0.2, 0.25) is 0 Å². The molecule has 1 aromatic carbocycles. The van der Waals surface area contributed by atoms with Gasteiger partial charge in [-0.15, -0.1) is 0 Å². The van der Waals surface area contributed by atoms with Crippen LogP contribution in [0.5, 0.6) is 0 Å². The first-order chi connectivity index (χ1) is 8.98. The van der Waals surface area contributed by atoms with Crippen LogP contribution in [0.15, 0.2) is 18.2 Å². The molecule has 1 amide bonds. The lowest BCUT2D eigenvalue weighted by Crippen LogP contribution is -2.38. The normalized spacial score (nSPS) is 16.2. The zero-order chi connectivity index (χ0) is 14.0. The Hall–Kier alpha value is -1.35. The van der Waals surface area contributed by atoms with Crippen molar-refractivity contribution in [2.45, 2.75) is 33.2 Å². The molecular formula is C16H24N2O. The van der Waals surface area contributed by atoms with Gasteiger partial charge in [-0.05, 0) is 50.4 Å². The fraction of sp³-hybridized carbons (Fsp3) is 0.562. The molecule has 0 aliphatic heterocycles. The van der Waals surface area contributed by atoms with Gasteiger partial charge in [-0.3, -0.25) is 4.79 Å². The third-order valence-corrected chi connectivity index (χ3v) is 4.16. The number of amides is 1. The predicted molar refractivity (Wildman–Crippen MR) is 78.0 cm³/mol. The summed E-state index contributed by atoms with van der Waals surface area (Å²) in [5.74, 6) is 0.278. The van der Waals surface area contributed by atoms with Gasteiger partial charge in [0.2, 0.25) is 5.91 Å². The first-order valence-corrected chi connectivity index (χ1v) is 6.95. The molecule has 1 saturated carbocycles. The number of benzene rings is 1. The minimum Gasteiger partial charge on any atom is -0.341 e. The highest BCUT2D eigenvalue weighted by Crippen LogP contribution is 2.46. The fourth-order valence-corrected chi connectivity index (χ4v) is 2.61. The highest BCUT2D eigenvalue weighted by molar-refractivity contribution is 5.85. The molecule has 2 rings (SSSR count). The van der Waals surface area contributed by atoms with E-state index in [1.165, 1.54) is 16.7 Å². The molecule has 0 aromatic heterocycles. The number of rotatable bonds is 5. The van der Waals surface area contributed by atoms with Gasteiger partial charge in [0.1, 0.15) is 0 Å². The van der Waals surface area contributed by atoms with Crippen molar-refractivity contribution < 1.29 is 4.79 Å². The quantitative estimate of drug-likeness (QED) is 0.881. The zero-order valence-electron chi connectivity index (χ0n) is 12.4. The minimum atomic E-state index is -0.122. The standard InChI is InChI=1S/C16H24N2O/c1-12-5-6-14(9-13(12)2)10-18(4)15(19)16(7-8-16)11-17-3/h5-6,9,17H,7-8,10-11H2,1-4H3. The van der Waals surface area contributed by atoms with Crippen LogP contribution in [-0.2, 0) is 11.3 Å². The molecule has 1 aromatic rings. The summed E-state index contributed by atoms with van der Waals surface area (Å²) in [6.45, 7) is 5.72. The molecule has 1 aliphatic rings. The third-order valence-electron chi connectivity index (χ3n) is 4.16. The highest BCUT2D eigenvalue weighted by atomic mass is 16.2. The Bertz CT molecular complexity index is 478. The molecule has 1 N–H and O–H groups in total. The Kier molecular flexibility index (Phi) is 3.95. The van der Waals surface area contributed by atoms with Crippen molar-refractivity contribution >= 4 is 5.91 Å². The molecule has 1 aliphatic carbocycles. The molecule has 0 bridgehead atoms. The average molecular weight is 260 g/mol. The van der Waals surface area contributed by atoms with Crippen LogP contribution in [-0.4, -0.2) is 31.4 Å². The van der Waals surface area contributed by atoms with E-state index < -0.39 is 0 Å². The number of carbonyl (C=O) groups is 1. The van der Waals surface area contributed by atoms with Gasteiger partial charge in [-0.25, -0.2) is 0 Å². The molecule has 19 heavy (non-hydrogen) atoms. The van der Waals surface area contributed by atoms with Crippen LogP contribution >= 0.6 is 0 Å². The van der Waals surface area contributed by atoms with Gasteiger partial charge >= 0.3 is 0 Å². The maximum absolute atomic E-state index is 12.5. The van der Waals surface area contributed by atoms with E-state index in [0.717, 1.165) is 19.4 Å². The number of hydrogen-bond acceptors (Lipinski definition) is 2. The van der Waals surface area contributed by atoms with Gasteiger partial charge in [0, 0.05) is 20.1 Å². The maximum atomic E-state index is 12.5. The molecule has 0 unspecified atom stereocenters. The molecule has 3 heteroatoms. The van der Waals surface area contributed by atoms with Gasteiger partial charge < -0.3 is 10.2 Å². The van der Waals surface area contributed by atoms with E-state index in [1.807, 2.05) is 19.0 Å². The summed E-state index contributed by atoms with van der Waals surface area (Å²) in [4.78, 5) is 14.3. The summed E-state index contributed by atoms with van der Waals surface area (Å²) in [6, 6.07) is 6.42. The van der Waals surface area contributed by atoms with Crippen LogP contribution in [0.4, 0.5) is 0 Å². The zero-order valence-corrected chi connectivity index (χ0v) is 12.4. The number of nitrogens with zero attached hydrogens (tertiary/aromatic N) is 1. The number of carbonyl (C=O) groups excluding carboxylic acids is 1. The Morgan fingerprint density at radius 3 is 2.53 bits per heavy atom. The van der Waals surface area contributed by atoms with Gasteiger partial charge in [0.05, 0.1) is 5.41 Å². The first-order valence-electron chi connectivity index (χ1n) is 6.95. The van der Waals surface area contributed by atoms with E-state index in [9.17, 15) is 4.79 Å². The molecular weight excluding hydrogens is 236 g/mol. The Labute approximate surface area is 116 Å². The van der Waals surface area contributed by atoms with Crippen molar-refractivity contribution in [1.29, 1.82) is 0 Å². The molecule has 1 fully saturated rings. The van der Waals surface area contributed by atoms with E-state index >= 15 is 0 Å². The summed E-state index contributed by atoms with van der Waals surface area (Å²) in [6.07, 6.45) is 2.04. The number of hydrogen-bond donors (Lipinski definition) is 1. The second-order valence-corrected chi connectivity index (χ2v) is 5.89. The van der Waals surface area contributed by atoms with Gasteiger partial charge in [0.15, 0.2) is 0 Å². The molecule has 0 radical (unpaired) electrons. The van der Waals surface area contributed by atoms with E-state index in [4.69, 9.17) is 0 Å². The predicted octanol–water partition coefficient (Wildman–Crippen LogP) is 2.26. The third kappa shape index (κ3) is 2.98. The monoisotopic (exact) mass is 260 g/mol. The second kappa shape index (κ2) is 5.33. The smallest absolute Gasteiger partial charge is 0.230 e. The van der Waals surface area contributed by atoms with Gasteiger partial charge in [0.25, 0.3) is 0 Å². The summed E-state index contributed by atoms with van der Waals surface area (Å²) in [7, 11) is 3.82. The van der Waals surface area contributed by atoms with Crippen molar-refractivity contribution in [2.24, 2.45) is 5.41 Å². The molecule has 0 saturated heterocycles. The molecule has 0 heterocycles. The van der Waals surface area contributed by atoms with Crippen molar-refractivity contribution in [1.82, 2.24) is 10.2 Å². The largest absolute Gasteiger partial charge is 0.341 e. The molecule has 3 nitrogen and oxygen atoms in total. The Morgan fingerprint density at radius 2 is 2.00 bits per heavy atom. The Morgan fingerprint density at radius 1 is 1.32 bits per heavy atom. The van der Waals surface area contributed by atoms with Crippen LogP contribution in [0, 0.1) is 19.3 Å². The van der Waals surface area contributed by atoms with Crippen LogP contribution in [0.3, 0.4) is 0 Å².